The molecular formula is C23H26N2O9S3. The Morgan fingerprint density at radius 2 is 1.65 bits per heavy atom. The zero-order chi connectivity index (χ0) is 27.6. The van der Waals surface area contributed by atoms with Gasteiger partial charge in [0.05, 0.1) is 21.6 Å². The van der Waals surface area contributed by atoms with Gasteiger partial charge in [0.15, 0.2) is 5.71 Å². The summed E-state index contributed by atoms with van der Waals surface area (Å²) in [5.74, 6) is -0.609. The van der Waals surface area contributed by atoms with Gasteiger partial charge in [0.2, 0.25) is 5.69 Å². The normalized spacial score (nSPS) is 16.0. The van der Waals surface area contributed by atoms with Crippen LogP contribution in [0.15, 0.2) is 76.7 Å². The first-order valence-corrected chi connectivity index (χ1v) is 15.3. The number of nitrogens with zero attached hydrogens (tertiary/aromatic N) is 1. The summed E-state index contributed by atoms with van der Waals surface area (Å²) < 4.78 is 103. The lowest BCUT2D eigenvalue weighted by Gasteiger charge is -2.21. The van der Waals surface area contributed by atoms with Crippen LogP contribution < -0.4 is 5.32 Å². The van der Waals surface area contributed by atoms with E-state index in [2.05, 4.69) is 5.32 Å². The van der Waals surface area contributed by atoms with Gasteiger partial charge in [-0.3, -0.25) is 9.11 Å². The maximum atomic E-state index is 12.1. The van der Waals surface area contributed by atoms with E-state index in [1.165, 1.54) is 4.58 Å². The van der Waals surface area contributed by atoms with Gasteiger partial charge in [-0.1, -0.05) is 24.3 Å². The minimum absolute atomic E-state index is 0.00722. The minimum Gasteiger partial charge on any atom is -0.744 e. The molecule has 0 fully saturated rings. The Labute approximate surface area is 216 Å². The van der Waals surface area contributed by atoms with Gasteiger partial charge in [0.1, 0.15) is 21.6 Å². The van der Waals surface area contributed by atoms with Gasteiger partial charge < -0.3 is 9.87 Å². The molecule has 0 bridgehead atoms. The van der Waals surface area contributed by atoms with Gasteiger partial charge in [-0.05, 0) is 38.1 Å². The predicted octanol–water partition coefficient (Wildman–Crippen LogP) is 2.67. The second-order valence-electron chi connectivity index (χ2n) is 8.77. The molecule has 0 unspecified atom stereocenters. The number of nitrogens with one attached hydrogen (secondary N) is 1. The summed E-state index contributed by atoms with van der Waals surface area (Å²) in [6, 6.07) is 10.9. The molecule has 0 radical (unpaired) electrons. The lowest BCUT2D eigenvalue weighted by atomic mass is 9.81. The van der Waals surface area contributed by atoms with Crippen LogP contribution in [0.5, 0.6) is 0 Å². The number of benzene rings is 2. The van der Waals surface area contributed by atoms with Gasteiger partial charge in [0.25, 0.3) is 20.2 Å². The molecule has 14 heteroatoms. The molecule has 0 amide bonds. The largest absolute Gasteiger partial charge is 0.744 e. The van der Waals surface area contributed by atoms with Gasteiger partial charge >= 0.3 is 0 Å². The van der Waals surface area contributed by atoms with Crippen LogP contribution in [0.2, 0.25) is 0 Å². The summed E-state index contributed by atoms with van der Waals surface area (Å²) in [4.78, 5) is -1.61. The van der Waals surface area contributed by atoms with Crippen molar-refractivity contribution in [2.24, 2.45) is 0 Å². The molecule has 0 aromatic heterocycles. The van der Waals surface area contributed by atoms with Crippen molar-refractivity contribution < 1.29 is 43.5 Å². The van der Waals surface area contributed by atoms with Gasteiger partial charge in [-0.15, -0.1) is 0 Å². The van der Waals surface area contributed by atoms with Crippen molar-refractivity contribution in [2.45, 2.75) is 35.5 Å². The van der Waals surface area contributed by atoms with Crippen LogP contribution in [0.1, 0.15) is 25.8 Å². The molecule has 0 saturated heterocycles. The van der Waals surface area contributed by atoms with E-state index in [0.717, 1.165) is 11.8 Å². The molecule has 3 N–H and O–H groups in total. The fourth-order valence-corrected chi connectivity index (χ4v) is 6.16. The first-order chi connectivity index (χ1) is 17.0. The predicted molar refractivity (Wildman–Crippen MR) is 136 cm³/mol. The molecule has 37 heavy (non-hydrogen) atoms. The molecular weight excluding hydrogens is 544 g/mol. The summed E-state index contributed by atoms with van der Waals surface area (Å²) in [5, 5.41) is 3.06. The van der Waals surface area contributed by atoms with E-state index in [9.17, 15) is 34.4 Å². The number of anilines is 1. The highest BCUT2D eigenvalue weighted by Crippen LogP contribution is 2.45. The lowest BCUT2D eigenvalue weighted by Crippen LogP contribution is -2.29. The van der Waals surface area contributed by atoms with Crippen molar-refractivity contribution in [2.75, 3.05) is 17.6 Å². The van der Waals surface area contributed by atoms with E-state index >= 15 is 0 Å². The Kier molecular flexibility index (Phi) is 8.12. The highest BCUT2D eigenvalue weighted by Gasteiger charge is 2.47. The number of hydrogen-bond donors (Lipinski definition) is 3. The number of rotatable bonds is 10. The van der Waals surface area contributed by atoms with Crippen LogP contribution in [0.4, 0.5) is 11.4 Å². The first kappa shape index (κ1) is 28.7. The van der Waals surface area contributed by atoms with Crippen molar-refractivity contribution in [1.29, 1.82) is 0 Å². The third kappa shape index (κ3) is 6.91. The van der Waals surface area contributed by atoms with E-state index in [-0.39, 0.29) is 24.2 Å². The molecule has 0 spiro atoms. The number of para-hydroxylation sites is 1. The fourth-order valence-electron chi connectivity index (χ4n) is 4.18. The molecule has 200 valence electrons. The summed E-state index contributed by atoms with van der Waals surface area (Å²) in [6.07, 6.45) is 6.44. The number of fused-ring (bicyclic) bond motifs is 1. The zero-order valence-electron chi connectivity index (χ0n) is 19.9. The van der Waals surface area contributed by atoms with Crippen molar-refractivity contribution in [3.05, 3.63) is 72.5 Å². The van der Waals surface area contributed by atoms with E-state index in [0.29, 0.717) is 11.8 Å². The Balaban J connectivity index is 2.14. The minimum atomic E-state index is -5.18. The topological polar surface area (TPSA) is 181 Å². The van der Waals surface area contributed by atoms with Gasteiger partial charge in [0, 0.05) is 30.5 Å². The maximum Gasteiger partial charge on any atom is 0.294 e. The van der Waals surface area contributed by atoms with Crippen molar-refractivity contribution >= 4 is 47.4 Å². The molecule has 1 heterocycles. The molecule has 2 aromatic carbocycles. The van der Waals surface area contributed by atoms with Gasteiger partial charge in [-0.25, -0.2) is 8.42 Å². The third-order valence-corrected chi connectivity index (χ3v) is 8.23. The summed E-state index contributed by atoms with van der Waals surface area (Å²) in [5.41, 5.74) is 0.140. The van der Waals surface area contributed by atoms with Crippen molar-refractivity contribution in [1.82, 2.24) is 0 Å². The summed E-state index contributed by atoms with van der Waals surface area (Å²) in [7, 11) is -14.4. The molecule has 11 nitrogen and oxygen atoms in total. The quantitative estimate of drug-likeness (QED) is 0.218. The average molecular weight is 571 g/mol. The maximum absolute atomic E-state index is 12.1. The standard InChI is InChI=1S/C23H26N2O9S3/c1-23(2)21(11-6-7-12-24-17-9-4-3-5-10-17)25(13-8-14-35(26,27)28)19-15-18(36(29,30)31)16-20(22(19)23)37(32,33)34/h3-7,9-12,15-16H,8,13-14H2,1-2H3,(H3,26,27,28,29,30,31,32,33,34). The highest BCUT2D eigenvalue weighted by atomic mass is 32.2. The van der Waals surface area contributed by atoms with Crippen molar-refractivity contribution in [3.63, 3.8) is 0 Å². The molecule has 2 aromatic rings. The zero-order valence-corrected chi connectivity index (χ0v) is 22.3. The highest BCUT2D eigenvalue weighted by molar-refractivity contribution is 7.86. The molecule has 3 rings (SSSR count). The van der Waals surface area contributed by atoms with Crippen LogP contribution in [0.3, 0.4) is 0 Å². The Hall–Kier alpha value is -2.88. The Morgan fingerprint density at radius 1 is 1.00 bits per heavy atom. The first-order valence-electron chi connectivity index (χ1n) is 10.9. The van der Waals surface area contributed by atoms with Gasteiger partial charge in [-0.2, -0.15) is 21.4 Å². The van der Waals surface area contributed by atoms with E-state index in [4.69, 9.17) is 4.55 Å². The summed E-state index contributed by atoms with van der Waals surface area (Å²) in [6.45, 7) is 3.18. The smallest absolute Gasteiger partial charge is 0.294 e. The lowest BCUT2D eigenvalue weighted by molar-refractivity contribution is -0.437. The fraction of sp³-hybridized carbons (Fsp3) is 0.261. The van der Waals surface area contributed by atoms with Crippen LogP contribution in [-0.2, 0) is 35.8 Å². The second kappa shape index (κ2) is 10.5. The third-order valence-electron chi connectivity index (χ3n) is 5.74. The van der Waals surface area contributed by atoms with Crippen LogP contribution in [0, 0.1) is 0 Å². The molecule has 1 aliphatic rings. The SMILES string of the molecule is CC1(C)C(/C=C/C=C/Nc2ccccc2)=[N+](CCCS(=O)(=O)O)c2cc(S(=O)(=O)O)cc(S(=O)(=O)[O-])c21. The average Bonchev–Trinajstić information content (AvgIpc) is 2.98. The van der Waals surface area contributed by atoms with Crippen molar-refractivity contribution in [3.8, 4) is 0 Å². The van der Waals surface area contributed by atoms with Crippen LogP contribution in [0.25, 0.3) is 0 Å². The molecule has 0 atom stereocenters. The van der Waals surface area contributed by atoms with Crippen LogP contribution >= 0.6 is 0 Å². The molecule has 0 saturated carbocycles. The van der Waals surface area contributed by atoms with E-state index in [1.54, 1.807) is 38.3 Å². The van der Waals surface area contributed by atoms with E-state index < -0.39 is 51.3 Å². The number of hydrogen-bond acceptors (Lipinski definition) is 8. The monoisotopic (exact) mass is 570 g/mol. The Bertz CT molecular complexity index is 1610. The molecule has 1 aliphatic heterocycles. The summed E-state index contributed by atoms with van der Waals surface area (Å²) >= 11 is 0. The molecule has 0 aliphatic carbocycles. The van der Waals surface area contributed by atoms with E-state index in [1.807, 2.05) is 30.3 Å². The van der Waals surface area contributed by atoms with Crippen LogP contribution in [-0.4, -0.2) is 61.5 Å². The second-order valence-corrected chi connectivity index (χ2v) is 13.1. The Morgan fingerprint density at radius 3 is 2.22 bits per heavy atom. The number of allylic oxidation sites excluding steroid dienone is 3.